The average Bonchev–Trinajstić information content (AvgIpc) is 2.47. The van der Waals surface area contributed by atoms with Gasteiger partial charge in [-0.15, -0.1) is 0 Å². The highest BCUT2D eigenvalue weighted by Crippen LogP contribution is 2.21. The van der Waals surface area contributed by atoms with E-state index in [1.165, 1.54) is 0 Å². The number of nitrogens with one attached hydrogen (secondary N) is 1. The molecule has 1 N–H and O–H groups in total. The Morgan fingerprint density at radius 2 is 2.29 bits per heavy atom. The molecule has 0 radical (unpaired) electrons. The van der Waals surface area contributed by atoms with Crippen LogP contribution in [0.4, 0.5) is 0 Å². The van der Waals surface area contributed by atoms with Crippen LogP contribution >= 0.6 is 0 Å². The van der Waals surface area contributed by atoms with Crippen molar-refractivity contribution in [3.8, 4) is 6.19 Å². The lowest BCUT2D eigenvalue weighted by atomic mass is 10.0. The van der Waals surface area contributed by atoms with Crippen molar-refractivity contribution in [2.24, 2.45) is 0 Å². The number of aromatic nitrogens is 1. The predicted molar refractivity (Wildman–Crippen MR) is 48.4 cm³/mol. The Hall–Kier alpha value is -1.83. The summed E-state index contributed by atoms with van der Waals surface area (Å²) < 4.78 is 5.00. The maximum atomic E-state index is 11.4. The number of amides is 1. The quantitative estimate of drug-likeness (QED) is 0.567. The maximum absolute atomic E-state index is 11.4. The van der Waals surface area contributed by atoms with Gasteiger partial charge in [0.1, 0.15) is 5.56 Å². The van der Waals surface area contributed by atoms with Crippen LogP contribution in [0.15, 0.2) is 4.52 Å². The van der Waals surface area contributed by atoms with E-state index >= 15 is 0 Å². The second-order valence-electron chi connectivity index (χ2n) is 3.23. The number of hydrogen-bond acceptors (Lipinski definition) is 4. The third-order valence-electron chi connectivity index (χ3n) is 1.81. The largest absolute Gasteiger partial charge is 0.360 e. The van der Waals surface area contributed by atoms with Crippen LogP contribution in [-0.4, -0.2) is 11.1 Å². The van der Waals surface area contributed by atoms with Crippen molar-refractivity contribution in [3.05, 3.63) is 17.0 Å². The van der Waals surface area contributed by atoms with Crippen LogP contribution in [0.5, 0.6) is 0 Å². The minimum Gasteiger partial charge on any atom is -0.360 e. The normalized spacial score (nSPS) is 9.93. The smallest absolute Gasteiger partial charge is 0.269 e. The first-order valence-corrected chi connectivity index (χ1v) is 4.23. The third-order valence-corrected chi connectivity index (χ3v) is 1.81. The van der Waals surface area contributed by atoms with Crippen molar-refractivity contribution in [2.75, 3.05) is 0 Å². The molecule has 1 amide bonds. The van der Waals surface area contributed by atoms with Gasteiger partial charge in [-0.25, -0.2) is 0 Å². The molecule has 0 fully saturated rings. The van der Waals surface area contributed by atoms with Crippen LogP contribution in [0.3, 0.4) is 0 Å². The van der Waals surface area contributed by atoms with Gasteiger partial charge in [-0.05, 0) is 6.92 Å². The van der Waals surface area contributed by atoms with Gasteiger partial charge in [-0.2, -0.15) is 5.26 Å². The van der Waals surface area contributed by atoms with Crippen molar-refractivity contribution < 1.29 is 9.32 Å². The number of carbonyl (C=O) groups is 1. The molecular formula is C9H11N3O2. The Morgan fingerprint density at radius 1 is 1.64 bits per heavy atom. The highest BCUT2D eigenvalue weighted by molar-refractivity contribution is 5.97. The zero-order valence-electron chi connectivity index (χ0n) is 8.29. The second-order valence-corrected chi connectivity index (χ2v) is 3.23. The molecule has 1 heterocycles. The third kappa shape index (κ3) is 1.74. The molecule has 0 aliphatic carbocycles. The van der Waals surface area contributed by atoms with Gasteiger partial charge in [0.15, 0.2) is 12.0 Å². The molecule has 1 aromatic rings. The number of rotatable bonds is 2. The molecule has 1 rings (SSSR count). The van der Waals surface area contributed by atoms with E-state index in [0.717, 1.165) is 0 Å². The Balaban J connectivity index is 3.12. The van der Waals surface area contributed by atoms with Gasteiger partial charge in [0.2, 0.25) is 0 Å². The van der Waals surface area contributed by atoms with Crippen molar-refractivity contribution in [1.29, 1.82) is 5.26 Å². The molecule has 0 spiro atoms. The number of aryl methyl sites for hydroxylation is 1. The zero-order valence-corrected chi connectivity index (χ0v) is 8.29. The summed E-state index contributed by atoms with van der Waals surface area (Å²) in [6.07, 6.45) is 1.58. The van der Waals surface area contributed by atoms with Crippen LogP contribution in [0, 0.1) is 18.4 Å². The molecule has 0 aromatic carbocycles. The molecule has 74 valence electrons. The summed E-state index contributed by atoms with van der Waals surface area (Å²) in [6, 6.07) is 0. The van der Waals surface area contributed by atoms with E-state index in [2.05, 4.69) is 10.5 Å². The summed E-state index contributed by atoms with van der Waals surface area (Å²) in [5.74, 6) is 0.112. The lowest BCUT2D eigenvalue weighted by molar-refractivity contribution is 0.0970. The van der Waals surface area contributed by atoms with Gasteiger partial charge in [-0.1, -0.05) is 19.0 Å². The monoisotopic (exact) mass is 193 g/mol. The van der Waals surface area contributed by atoms with E-state index < -0.39 is 5.91 Å². The summed E-state index contributed by atoms with van der Waals surface area (Å²) in [6.45, 7) is 5.45. The Morgan fingerprint density at radius 3 is 2.79 bits per heavy atom. The van der Waals surface area contributed by atoms with Crippen LogP contribution in [0.2, 0.25) is 0 Å². The van der Waals surface area contributed by atoms with E-state index in [1.54, 1.807) is 13.1 Å². The lowest BCUT2D eigenvalue weighted by Gasteiger charge is -2.01. The van der Waals surface area contributed by atoms with Crippen molar-refractivity contribution in [1.82, 2.24) is 10.5 Å². The molecule has 5 nitrogen and oxygen atoms in total. The minimum absolute atomic E-state index is 0.0654. The van der Waals surface area contributed by atoms with Gasteiger partial charge in [0.05, 0.1) is 5.69 Å². The minimum atomic E-state index is -0.463. The number of hydrogen-bond donors (Lipinski definition) is 1. The summed E-state index contributed by atoms with van der Waals surface area (Å²) in [4.78, 5) is 11.4. The molecule has 0 aliphatic heterocycles. The fourth-order valence-corrected chi connectivity index (χ4v) is 1.17. The number of nitriles is 1. The van der Waals surface area contributed by atoms with Crippen LogP contribution < -0.4 is 5.32 Å². The topological polar surface area (TPSA) is 78.9 Å². The zero-order chi connectivity index (χ0) is 10.7. The van der Waals surface area contributed by atoms with E-state index in [4.69, 9.17) is 9.78 Å². The fourth-order valence-electron chi connectivity index (χ4n) is 1.17. The van der Waals surface area contributed by atoms with Crippen molar-refractivity contribution in [3.63, 3.8) is 0 Å². The molecule has 0 saturated carbocycles. The standard InChI is InChI=1S/C9H11N3O2/c1-5(2)8-7(6(3)12-14-8)9(13)11-4-10/h5H,1-3H3,(H,11,13). The summed E-state index contributed by atoms with van der Waals surface area (Å²) >= 11 is 0. The first-order chi connectivity index (χ1) is 6.57. The molecule has 0 unspecified atom stereocenters. The molecular weight excluding hydrogens is 182 g/mol. The molecule has 5 heteroatoms. The van der Waals surface area contributed by atoms with Crippen LogP contribution in [-0.2, 0) is 0 Å². The Kier molecular flexibility index (Phi) is 2.87. The average molecular weight is 193 g/mol. The highest BCUT2D eigenvalue weighted by Gasteiger charge is 2.21. The molecule has 14 heavy (non-hydrogen) atoms. The first kappa shape index (κ1) is 10.3. The maximum Gasteiger partial charge on any atom is 0.269 e. The summed E-state index contributed by atoms with van der Waals surface area (Å²) in [5.41, 5.74) is 0.864. The van der Waals surface area contributed by atoms with E-state index in [0.29, 0.717) is 17.0 Å². The predicted octanol–water partition coefficient (Wildman–Crippen LogP) is 1.32. The molecule has 0 atom stereocenters. The van der Waals surface area contributed by atoms with E-state index in [9.17, 15) is 4.79 Å². The second kappa shape index (κ2) is 3.92. The lowest BCUT2D eigenvalue weighted by Crippen LogP contribution is -2.19. The summed E-state index contributed by atoms with van der Waals surface area (Å²) in [7, 11) is 0. The number of carbonyl (C=O) groups excluding carboxylic acids is 1. The van der Waals surface area contributed by atoms with E-state index in [-0.39, 0.29) is 5.92 Å². The first-order valence-electron chi connectivity index (χ1n) is 4.23. The fraction of sp³-hybridized carbons (Fsp3) is 0.444. The van der Waals surface area contributed by atoms with Crippen LogP contribution in [0.25, 0.3) is 0 Å². The molecule has 0 bridgehead atoms. The van der Waals surface area contributed by atoms with Gasteiger partial charge < -0.3 is 4.52 Å². The molecule has 1 aromatic heterocycles. The van der Waals surface area contributed by atoms with E-state index in [1.807, 2.05) is 13.8 Å². The Bertz CT molecular complexity index is 387. The Labute approximate surface area is 81.7 Å². The SMILES string of the molecule is Cc1noc(C(C)C)c1C(=O)NC#N. The van der Waals surface area contributed by atoms with Crippen LogP contribution in [0.1, 0.15) is 41.6 Å². The van der Waals surface area contributed by atoms with Crippen molar-refractivity contribution >= 4 is 5.91 Å². The molecule has 0 saturated heterocycles. The van der Waals surface area contributed by atoms with Crippen molar-refractivity contribution in [2.45, 2.75) is 26.7 Å². The van der Waals surface area contributed by atoms with Gasteiger partial charge >= 0.3 is 0 Å². The summed E-state index contributed by atoms with van der Waals surface area (Å²) in [5, 5.41) is 14.1. The van der Waals surface area contributed by atoms with Gasteiger partial charge in [0, 0.05) is 5.92 Å². The van der Waals surface area contributed by atoms with Gasteiger partial charge in [0.25, 0.3) is 5.91 Å². The van der Waals surface area contributed by atoms with Gasteiger partial charge in [-0.3, -0.25) is 10.1 Å². The number of nitrogens with zero attached hydrogens (tertiary/aromatic N) is 2. The molecule has 0 aliphatic rings. The highest BCUT2D eigenvalue weighted by atomic mass is 16.5.